The van der Waals surface area contributed by atoms with Gasteiger partial charge in [0.1, 0.15) is 6.10 Å². The van der Waals surface area contributed by atoms with Crippen LogP contribution in [0.4, 0.5) is 0 Å². The Hall–Kier alpha value is -1.50. The van der Waals surface area contributed by atoms with Crippen LogP contribution in [-0.4, -0.2) is 47.4 Å². The average molecular weight is 319 g/mol. The molecule has 6 heteroatoms. The third kappa shape index (κ3) is 4.28. The van der Waals surface area contributed by atoms with Gasteiger partial charge in [0.25, 0.3) is 0 Å². The fourth-order valence-corrected chi connectivity index (χ4v) is 3.31. The third-order valence-electron chi connectivity index (χ3n) is 4.76. The zero-order chi connectivity index (χ0) is 16.1. The van der Waals surface area contributed by atoms with Crippen LogP contribution in [0.25, 0.3) is 0 Å². The molecule has 23 heavy (non-hydrogen) atoms. The molecule has 1 saturated carbocycles. The molecular weight excluding hydrogens is 294 g/mol. The van der Waals surface area contributed by atoms with Gasteiger partial charge in [-0.05, 0) is 25.0 Å². The number of carbonyl (C=O) groups excluding carboxylic acids is 1. The largest absolute Gasteiger partial charge is 0.389 e. The molecule has 3 N–H and O–H groups in total. The van der Waals surface area contributed by atoms with Crippen molar-refractivity contribution < 1.29 is 14.6 Å². The van der Waals surface area contributed by atoms with E-state index in [0.29, 0.717) is 19.7 Å². The van der Waals surface area contributed by atoms with Crippen LogP contribution in [0.2, 0.25) is 0 Å². The summed E-state index contributed by atoms with van der Waals surface area (Å²) in [5.41, 5.74) is 0.928. The van der Waals surface area contributed by atoms with Gasteiger partial charge < -0.3 is 20.5 Å². The maximum Gasteiger partial charge on any atom is 0.223 e. The monoisotopic (exact) mass is 319 g/mol. The lowest BCUT2D eigenvalue weighted by Crippen LogP contribution is -2.45. The summed E-state index contributed by atoms with van der Waals surface area (Å²) in [6, 6.07) is 5.62. The van der Waals surface area contributed by atoms with Crippen molar-refractivity contribution in [3.05, 3.63) is 30.1 Å². The highest BCUT2D eigenvalue weighted by molar-refractivity contribution is 5.78. The molecule has 6 nitrogen and oxygen atoms in total. The number of ether oxygens (including phenoxy) is 1. The molecule has 1 aromatic rings. The first kappa shape index (κ1) is 16.4. The minimum absolute atomic E-state index is 0.100. The first-order valence-electron chi connectivity index (χ1n) is 8.44. The molecule has 1 saturated heterocycles. The lowest BCUT2D eigenvalue weighted by atomic mass is 10.1. The van der Waals surface area contributed by atoms with Gasteiger partial charge in [-0.1, -0.05) is 18.9 Å². The summed E-state index contributed by atoms with van der Waals surface area (Å²) in [7, 11) is 0. The van der Waals surface area contributed by atoms with Gasteiger partial charge in [0.05, 0.1) is 24.4 Å². The first-order chi connectivity index (χ1) is 11.2. The predicted molar refractivity (Wildman–Crippen MR) is 85.6 cm³/mol. The van der Waals surface area contributed by atoms with Crippen molar-refractivity contribution in [3.8, 4) is 0 Å². The Balaban J connectivity index is 1.41. The van der Waals surface area contributed by atoms with Gasteiger partial charge in [-0.25, -0.2) is 0 Å². The maximum atomic E-state index is 12.0. The number of amides is 1. The van der Waals surface area contributed by atoms with Crippen molar-refractivity contribution in [1.29, 1.82) is 0 Å². The predicted octanol–water partition coefficient (Wildman–Crippen LogP) is 0.606. The summed E-state index contributed by atoms with van der Waals surface area (Å²) in [6.45, 7) is 1.41. The van der Waals surface area contributed by atoms with Crippen molar-refractivity contribution in [1.82, 2.24) is 15.6 Å². The van der Waals surface area contributed by atoms with Gasteiger partial charge in [-0.3, -0.25) is 9.78 Å². The van der Waals surface area contributed by atoms with Crippen molar-refractivity contribution in [2.75, 3.05) is 13.2 Å². The number of nitrogens with zero attached hydrogens (tertiary/aromatic N) is 1. The molecule has 1 amide bonds. The molecule has 1 aromatic heterocycles. The van der Waals surface area contributed by atoms with Gasteiger partial charge >= 0.3 is 0 Å². The molecule has 2 heterocycles. The molecule has 1 aliphatic carbocycles. The number of hydrogen-bond acceptors (Lipinski definition) is 5. The van der Waals surface area contributed by atoms with E-state index >= 15 is 0 Å². The summed E-state index contributed by atoms with van der Waals surface area (Å²) in [5.74, 6) is 0.245. The molecule has 3 unspecified atom stereocenters. The van der Waals surface area contributed by atoms with E-state index in [1.807, 2.05) is 18.2 Å². The number of pyridine rings is 1. The molecule has 1 aliphatic heterocycles. The van der Waals surface area contributed by atoms with Gasteiger partial charge in [0, 0.05) is 25.2 Å². The Morgan fingerprint density at radius 1 is 1.35 bits per heavy atom. The molecule has 2 fully saturated rings. The Morgan fingerprint density at radius 3 is 2.91 bits per heavy atom. The van der Waals surface area contributed by atoms with Crippen LogP contribution in [0.5, 0.6) is 0 Å². The lowest BCUT2D eigenvalue weighted by Gasteiger charge is -2.19. The van der Waals surface area contributed by atoms with Crippen LogP contribution in [0.3, 0.4) is 0 Å². The highest BCUT2D eigenvalue weighted by atomic mass is 16.5. The average Bonchev–Trinajstić information content (AvgIpc) is 3.22. The fraction of sp³-hybridized carbons (Fsp3) is 0.647. The van der Waals surface area contributed by atoms with Crippen LogP contribution < -0.4 is 10.6 Å². The maximum absolute atomic E-state index is 12.0. The van der Waals surface area contributed by atoms with E-state index in [1.54, 1.807) is 6.20 Å². The zero-order valence-electron chi connectivity index (χ0n) is 13.3. The van der Waals surface area contributed by atoms with E-state index in [0.717, 1.165) is 31.4 Å². The molecular formula is C17H25N3O3. The summed E-state index contributed by atoms with van der Waals surface area (Å²) in [4.78, 5) is 16.3. The molecule has 2 aliphatic rings. The number of aliphatic hydroxyl groups excluding tert-OH is 1. The van der Waals surface area contributed by atoms with E-state index < -0.39 is 6.10 Å². The van der Waals surface area contributed by atoms with E-state index in [1.165, 1.54) is 0 Å². The molecule has 0 radical (unpaired) electrons. The van der Waals surface area contributed by atoms with Crippen LogP contribution in [-0.2, 0) is 16.1 Å². The van der Waals surface area contributed by atoms with Crippen LogP contribution in [0.15, 0.2) is 24.4 Å². The number of aliphatic hydroxyl groups is 1. The number of carbonyl (C=O) groups is 1. The second-order valence-corrected chi connectivity index (χ2v) is 6.40. The van der Waals surface area contributed by atoms with Crippen molar-refractivity contribution in [2.24, 2.45) is 5.92 Å². The number of nitrogens with one attached hydrogen (secondary N) is 2. The normalized spacial score (nSPS) is 28.1. The summed E-state index contributed by atoms with van der Waals surface area (Å²) in [6.07, 6.45) is 5.02. The van der Waals surface area contributed by atoms with Crippen molar-refractivity contribution >= 4 is 5.91 Å². The van der Waals surface area contributed by atoms with Gasteiger partial charge in [0.2, 0.25) is 5.91 Å². The second-order valence-electron chi connectivity index (χ2n) is 6.40. The molecule has 126 valence electrons. The minimum atomic E-state index is -0.623. The van der Waals surface area contributed by atoms with Crippen LogP contribution in [0, 0.1) is 5.92 Å². The number of aromatic nitrogens is 1. The molecule has 0 spiro atoms. The number of rotatable bonds is 6. The van der Waals surface area contributed by atoms with E-state index in [4.69, 9.17) is 4.74 Å². The van der Waals surface area contributed by atoms with E-state index in [2.05, 4.69) is 15.6 Å². The fourth-order valence-electron chi connectivity index (χ4n) is 3.31. The molecule has 3 rings (SSSR count). The number of hydrogen-bond donors (Lipinski definition) is 3. The van der Waals surface area contributed by atoms with E-state index in [-0.39, 0.29) is 24.0 Å². The van der Waals surface area contributed by atoms with E-state index in [9.17, 15) is 9.90 Å². The Kier molecular flexibility index (Phi) is 5.59. The van der Waals surface area contributed by atoms with Gasteiger partial charge in [-0.2, -0.15) is 0 Å². The van der Waals surface area contributed by atoms with Crippen LogP contribution in [0.1, 0.15) is 31.4 Å². The molecule has 3 atom stereocenters. The smallest absolute Gasteiger partial charge is 0.223 e. The highest BCUT2D eigenvalue weighted by Crippen LogP contribution is 2.24. The third-order valence-corrected chi connectivity index (χ3v) is 4.76. The van der Waals surface area contributed by atoms with Crippen molar-refractivity contribution in [3.63, 3.8) is 0 Å². The minimum Gasteiger partial charge on any atom is -0.389 e. The molecule has 0 bridgehead atoms. The Labute approximate surface area is 136 Å². The van der Waals surface area contributed by atoms with Gasteiger partial charge in [-0.15, -0.1) is 0 Å². The zero-order valence-corrected chi connectivity index (χ0v) is 13.3. The summed E-state index contributed by atoms with van der Waals surface area (Å²) >= 11 is 0. The van der Waals surface area contributed by atoms with Gasteiger partial charge in [0.15, 0.2) is 0 Å². The topological polar surface area (TPSA) is 83.5 Å². The summed E-state index contributed by atoms with van der Waals surface area (Å²) < 4.78 is 5.63. The lowest BCUT2D eigenvalue weighted by molar-refractivity contribution is -0.125. The Morgan fingerprint density at radius 2 is 2.17 bits per heavy atom. The second kappa shape index (κ2) is 7.86. The quantitative estimate of drug-likeness (QED) is 0.715. The van der Waals surface area contributed by atoms with Crippen molar-refractivity contribution in [2.45, 2.75) is 50.5 Å². The SMILES string of the molecule is O=C(NCC1OCC(NCc2ccccn2)C1O)C1CCCC1. The first-order valence-corrected chi connectivity index (χ1v) is 8.44. The Bertz CT molecular complexity index is 505. The molecule has 0 aromatic carbocycles. The van der Waals surface area contributed by atoms with Crippen LogP contribution >= 0.6 is 0 Å². The summed E-state index contributed by atoms with van der Waals surface area (Å²) in [5, 5.41) is 16.5. The highest BCUT2D eigenvalue weighted by Gasteiger charge is 2.36. The standard InChI is InChI=1S/C17H25N3O3/c21-16-14(19-9-13-7-3-4-8-18-13)11-23-15(16)10-20-17(22)12-5-1-2-6-12/h3-4,7-8,12,14-16,19,21H,1-2,5-6,9-11H2,(H,20,22).